The molecule has 0 aromatic heterocycles. The van der Waals surface area contributed by atoms with Gasteiger partial charge in [0.25, 0.3) is 0 Å². The Morgan fingerprint density at radius 3 is 1.35 bits per heavy atom. The molecule has 0 radical (unpaired) electrons. The van der Waals surface area contributed by atoms with Gasteiger partial charge in [-0.1, -0.05) is 123 Å². The number of carbonyl (C=O) groups excluding carboxylic acids is 6. The van der Waals surface area contributed by atoms with Gasteiger partial charge in [0, 0.05) is 32.1 Å². The molecule has 264 valence electrons. The number of carbonyl (C=O) groups is 6. The van der Waals surface area contributed by atoms with E-state index in [1.807, 2.05) is 60.7 Å². The molecule has 2 aromatic rings. The minimum atomic E-state index is -0.846. The van der Waals surface area contributed by atoms with Crippen LogP contribution in [0.15, 0.2) is 60.7 Å². The molecule has 2 unspecified atom stereocenters. The Bertz CT molecular complexity index is 1160. The van der Waals surface area contributed by atoms with Crippen molar-refractivity contribution in [2.24, 2.45) is 0 Å². The normalized spacial score (nSPS) is 11.6. The Balaban J connectivity index is 0.000000480. The van der Waals surface area contributed by atoms with Crippen LogP contribution in [0.5, 0.6) is 0 Å². The largest absolute Gasteiger partial charge is 0.445 e. The summed E-state index contributed by atoms with van der Waals surface area (Å²) in [6.45, 7) is 6.09. The van der Waals surface area contributed by atoms with Gasteiger partial charge in [-0.15, -0.1) is 0 Å². The number of alkyl halides is 1. The van der Waals surface area contributed by atoms with Crippen LogP contribution >= 0.6 is 15.9 Å². The maximum atomic E-state index is 12.0. The summed E-state index contributed by atoms with van der Waals surface area (Å²) in [5.41, 5.74) is 1.72. The van der Waals surface area contributed by atoms with E-state index in [9.17, 15) is 28.8 Å². The number of ketones is 4. The maximum Gasteiger partial charge on any atom is 0.408 e. The summed E-state index contributed by atoms with van der Waals surface area (Å²) in [5.74, 6) is -0.421. The Hall–Kier alpha value is -3.86. The Kier molecular flexibility index (Phi) is 23.0. The number of unbranched alkanes of at least 4 members (excludes halogenated alkanes) is 4. The predicted molar refractivity (Wildman–Crippen MR) is 189 cm³/mol. The molecule has 11 heteroatoms. The van der Waals surface area contributed by atoms with Gasteiger partial charge >= 0.3 is 12.2 Å². The third kappa shape index (κ3) is 19.7. The molecule has 48 heavy (non-hydrogen) atoms. The Morgan fingerprint density at radius 2 is 1.00 bits per heavy atom. The number of benzene rings is 2. The summed E-state index contributed by atoms with van der Waals surface area (Å²) in [7, 11) is 0. The lowest BCUT2D eigenvalue weighted by molar-refractivity contribution is -0.126. The lowest BCUT2D eigenvalue weighted by atomic mass is 10.0. The molecular weight excluding hydrogens is 680 g/mol. The smallest absolute Gasteiger partial charge is 0.408 e. The van der Waals surface area contributed by atoms with Crippen molar-refractivity contribution in [3.63, 3.8) is 0 Å². The van der Waals surface area contributed by atoms with Gasteiger partial charge in [-0.25, -0.2) is 9.59 Å². The minimum Gasteiger partial charge on any atom is -0.445 e. The average Bonchev–Trinajstić information content (AvgIpc) is 3.10. The van der Waals surface area contributed by atoms with Gasteiger partial charge in [0.2, 0.25) is 0 Å². The lowest BCUT2D eigenvalue weighted by Crippen LogP contribution is -2.43. The minimum absolute atomic E-state index is 0.00129. The highest BCUT2D eigenvalue weighted by molar-refractivity contribution is 9.09. The molecule has 0 aliphatic rings. The second-order valence-electron chi connectivity index (χ2n) is 11.3. The molecule has 0 aliphatic carbocycles. The quantitative estimate of drug-likeness (QED) is 0.0932. The molecule has 0 heterocycles. The van der Waals surface area contributed by atoms with Crippen molar-refractivity contribution in [1.82, 2.24) is 10.6 Å². The van der Waals surface area contributed by atoms with Crippen LogP contribution in [0, 0.1) is 0 Å². The Labute approximate surface area is 293 Å². The van der Waals surface area contributed by atoms with E-state index in [2.05, 4.69) is 40.4 Å². The van der Waals surface area contributed by atoms with E-state index in [1.54, 1.807) is 6.92 Å². The SMILES string of the molecule is CCCCCC(=O)CC(NC(=O)OCc1ccccc1)C(=O)CBr.CCCCCC(=O)CC(NC(=O)OCc1ccccc1)C(=O)CC. The first-order chi connectivity index (χ1) is 23.1. The van der Waals surface area contributed by atoms with E-state index in [1.165, 1.54) is 0 Å². The monoisotopic (exact) mass is 730 g/mol. The molecular formula is C37H51BrN2O8. The van der Waals surface area contributed by atoms with Gasteiger partial charge < -0.3 is 20.1 Å². The number of nitrogens with one attached hydrogen (secondary N) is 2. The molecule has 2 N–H and O–H groups in total. The first-order valence-electron chi connectivity index (χ1n) is 16.7. The molecule has 0 saturated heterocycles. The Morgan fingerprint density at radius 1 is 0.604 bits per heavy atom. The molecule has 2 amide bonds. The van der Waals surface area contributed by atoms with Crippen LogP contribution in [0.2, 0.25) is 0 Å². The van der Waals surface area contributed by atoms with Crippen LogP contribution in [0.1, 0.15) is 103 Å². The van der Waals surface area contributed by atoms with Gasteiger partial charge in [-0.2, -0.15) is 0 Å². The summed E-state index contributed by atoms with van der Waals surface area (Å²) < 4.78 is 10.2. The maximum absolute atomic E-state index is 12.0. The van der Waals surface area contributed by atoms with Crippen molar-refractivity contribution < 1.29 is 38.2 Å². The zero-order chi connectivity index (χ0) is 35.6. The number of Topliss-reactive ketones (excluding diaryl/α,β-unsaturated/α-hetero) is 4. The molecule has 0 aliphatic heterocycles. The fourth-order valence-electron chi connectivity index (χ4n) is 4.45. The molecule has 0 saturated carbocycles. The zero-order valence-corrected chi connectivity index (χ0v) is 30.1. The third-order valence-electron chi connectivity index (χ3n) is 7.25. The summed E-state index contributed by atoms with van der Waals surface area (Å²) in [6.07, 6.45) is 5.49. The second kappa shape index (κ2) is 26.1. The summed E-state index contributed by atoms with van der Waals surface area (Å²) in [5, 5.41) is 5.11. The van der Waals surface area contributed by atoms with Crippen molar-refractivity contribution in [1.29, 1.82) is 0 Å². The number of halogens is 1. The molecule has 2 aromatic carbocycles. The summed E-state index contributed by atoms with van der Waals surface area (Å²) >= 11 is 3.08. The van der Waals surface area contributed by atoms with E-state index in [4.69, 9.17) is 9.47 Å². The molecule has 2 atom stereocenters. The number of hydrogen-bond donors (Lipinski definition) is 2. The topological polar surface area (TPSA) is 145 Å². The van der Waals surface area contributed by atoms with Crippen molar-refractivity contribution in [3.05, 3.63) is 71.8 Å². The second-order valence-corrected chi connectivity index (χ2v) is 11.9. The summed E-state index contributed by atoms with van der Waals surface area (Å²) in [6, 6.07) is 16.9. The highest BCUT2D eigenvalue weighted by Gasteiger charge is 2.24. The number of alkyl carbamates (subject to hydrolysis) is 2. The molecule has 0 fully saturated rings. The van der Waals surface area contributed by atoms with Gasteiger partial charge in [-0.05, 0) is 24.0 Å². The first kappa shape index (κ1) is 42.2. The fraction of sp³-hybridized carbons (Fsp3) is 0.514. The lowest BCUT2D eigenvalue weighted by Gasteiger charge is -2.16. The number of hydrogen-bond acceptors (Lipinski definition) is 8. The van der Waals surface area contributed by atoms with Crippen LogP contribution in [0.25, 0.3) is 0 Å². The number of rotatable bonds is 22. The van der Waals surface area contributed by atoms with Gasteiger partial charge in [0.05, 0.1) is 17.4 Å². The van der Waals surface area contributed by atoms with Gasteiger partial charge in [0.15, 0.2) is 11.6 Å². The van der Waals surface area contributed by atoms with Gasteiger partial charge in [0.1, 0.15) is 24.8 Å². The average molecular weight is 732 g/mol. The van der Waals surface area contributed by atoms with Crippen LogP contribution in [0.3, 0.4) is 0 Å². The van der Waals surface area contributed by atoms with Crippen molar-refractivity contribution in [3.8, 4) is 0 Å². The first-order valence-corrected chi connectivity index (χ1v) is 17.8. The van der Waals surface area contributed by atoms with Crippen LogP contribution in [0.4, 0.5) is 9.59 Å². The van der Waals surface area contributed by atoms with Gasteiger partial charge in [-0.3, -0.25) is 19.2 Å². The standard InChI is InChI=1S/C19H27NO4.C18H24BrNO4/c1-3-5-7-12-16(21)13-17(18(22)4-2)20-19(23)24-14-15-10-8-6-9-11-15;1-2-3-5-10-15(21)11-16(17(22)12-19)20-18(23)24-13-14-8-6-4-7-9-14/h6,8-11,17H,3-5,7,12-14H2,1-2H3,(H,20,23);4,6-9,16H,2-3,5,10-13H2,1H3,(H,20,23). The van der Waals surface area contributed by atoms with E-state index in [-0.39, 0.29) is 60.9 Å². The van der Waals surface area contributed by atoms with E-state index >= 15 is 0 Å². The van der Waals surface area contributed by atoms with Crippen molar-refractivity contribution >= 4 is 51.2 Å². The van der Waals surface area contributed by atoms with E-state index < -0.39 is 24.3 Å². The van der Waals surface area contributed by atoms with E-state index in [0.29, 0.717) is 12.8 Å². The summed E-state index contributed by atoms with van der Waals surface area (Å²) in [4.78, 5) is 71.6. The highest BCUT2D eigenvalue weighted by atomic mass is 79.9. The third-order valence-corrected chi connectivity index (χ3v) is 7.80. The van der Waals surface area contributed by atoms with Crippen LogP contribution in [-0.4, -0.2) is 52.7 Å². The van der Waals surface area contributed by atoms with Crippen LogP contribution < -0.4 is 10.6 Å². The number of ether oxygens (including phenoxy) is 2. The van der Waals surface area contributed by atoms with Crippen molar-refractivity contribution in [2.75, 3.05) is 5.33 Å². The van der Waals surface area contributed by atoms with Crippen LogP contribution in [-0.2, 0) is 41.9 Å². The highest BCUT2D eigenvalue weighted by Crippen LogP contribution is 2.09. The number of amides is 2. The van der Waals surface area contributed by atoms with E-state index in [0.717, 1.165) is 49.7 Å². The molecule has 2 rings (SSSR count). The van der Waals surface area contributed by atoms with Crippen molar-refractivity contribution in [2.45, 2.75) is 117 Å². The molecule has 10 nitrogen and oxygen atoms in total. The zero-order valence-electron chi connectivity index (χ0n) is 28.5. The fourth-order valence-corrected chi connectivity index (χ4v) is 4.84. The molecule has 0 spiro atoms. The molecule has 0 bridgehead atoms. The predicted octanol–water partition coefficient (Wildman–Crippen LogP) is 7.58.